The molecule has 1 fully saturated rings. The van der Waals surface area contributed by atoms with E-state index < -0.39 is 5.60 Å². The van der Waals surface area contributed by atoms with Gasteiger partial charge in [-0.2, -0.15) is 5.32 Å². The van der Waals surface area contributed by atoms with Gasteiger partial charge in [-0.1, -0.05) is 0 Å². The highest BCUT2D eigenvalue weighted by molar-refractivity contribution is 5.71. The van der Waals surface area contributed by atoms with Crippen LogP contribution in [0.2, 0.25) is 0 Å². The molecular formula is C16H21N4O2+. The average molecular weight is 301 g/mol. The molecule has 6 heteroatoms. The van der Waals surface area contributed by atoms with Crippen LogP contribution in [0, 0.1) is 6.20 Å². The second-order valence-electron chi connectivity index (χ2n) is 6.47. The number of carbonyl (C=O) groups excluding carboxylic acids is 1. The minimum Gasteiger partial charge on any atom is -0.444 e. The van der Waals surface area contributed by atoms with E-state index in [1.807, 2.05) is 39.0 Å². The number of nitrogens with zero attached hydrogens (tertiary/aromatic N) is 3. The lowest BCUT2D eigenvalue weighted by Crippen LogP contribution is -2.50. The van der Waals surface area contributed by atoms with Crippen LogP contribution in [0.5, 0.6) is 0 Å². The highest BCUT2D eigenvalue weighted by Crippen LogP contribution is 2.24. The minimum absolute atomic E-state index is 0.240. The number of hydrogen-bond acceptors (Lipinski definition) is 5. The topological polar surface area (TPSA) is 57.7 Å². The van der Waals surface area contributed by atoms with Crippen molar-refractivity contribution in [2.75, 3.05) is 36.4 Å². The fourth-order valence-electron chi connectivity index (χ4n) is 2.48. The Balaban J connectivity index is 1.60. The summed E-state index contributed by atoms with van der Waals surface area (Å²) in [6.07, 6.45) is 4.54. The van der Waals surface area contributed by atoms with Gasteiger partial charge in [0, 0.05) is 32.2 Å². The third-order valence-electron chi connectivity index (χ3n) is 3.58. The molecule has 3 rings (SSSR count). The van der Waals surface area contributed by atoms with Crippen LogP contribution in [0.4, 0.5) is 16.3 Å². The molecule has 2 aliphatic rings. The molecule has 0 bridgehead atoms. The lowest BCUT2D eigenvalue weighted by atomic mass is 10.2. The zero-order valence-corrected chi connectivity index (χ0v) is 13.2. The van der Waals surface area contributed by atoms with Gasteiger partial charge >= 0.3 is 6.09 Å². The molecule has 0 atom stereocenters. The Kier molecular flexibility index (Phi) is 3.62. The number of anilines is 2. The van der Waals surface area contributed by atoms with E-state index in [1.165, 1.54) is 0 Å². The fourth-order valence-corrected chi connectivity index (χ4v) is 2.48. The molecule has 22 heavy (non-hydrogen) atoms. The maximum atomic E-state index is 12.1. The van der Waals surface area contributed by atoms with E-state index in [4.69, 9.17) is 4.74 Å². The minimum atomic E-state index is -0.453. The normalized spacial score (nSPS) is 16.9. The van der Waals surface area contributed by atoms with Crippen molar-refractivity contribution in [1.29, 1.82) is 0 Å². The molecule has 1 aromatic heterocycles. The van der Waals surface area contributed by atoms with Gasteiger partial charge in [-0.25, -0.2) is 4.79 Å². The Morgan fingerprint density at radius 1 is 1.27 bits per heavy atom. The van der Waals surface area contributed by atoms with Crippen molar-refractivity contribution >= 4 is 23.7 Å². The standard InChI is InChI=1S/C16H21N4O2/c1-16(2,3)22-15(21)20-10-8-19(9-11-20)14-5-4-12-13(18-14)6-7-17-12/h4-6,17H,8-11H2,1-3H3/q+1. The number of nitrogens with one attached hydrogen (secondary N) is 1. The lowest BCUT2D eigenvalue weighted by molar-refractivity contribution is 0.0240. The Labute approximate surface area is 130 Å². The Bertz CT molecular complexity index is 599. The Hall–Kier alpha value is -2.33. The summed E-state index contributed by atoms with van der Waals surface area (Å²) in [4.78, 5) is 20.6. The van der Waals surface area contributed by atoms with E-state index >= 15 is 0 Å². The van der Waals surface area contributed by atoms with Crippen molar-refractivity contribution in [2.24, 2.45) is 0 Å². The highest BCUT2D eigenvalue weighted by Gasteiger charge is 2.27. The van der Waals surface area contributed by atoms with E-state index in [0.717, 1.165) is 30.3 Å². The van der Waals surface area contributed by atoms with Crippen LogP contribution >= 0.6 is 0 Å². The molecule has 1 N–H and O–H groups in total. The highest BCUT2D eigenvalue weighted by atomic mass is 16.6. The van der Waals surface area contributed by atoms with Gasteiger partial charge in [0.15, 0.2) is 6.08 Å². The molecule has 6 nitrogen and oxygen atoms in total. The van der Waals surface area contributed by atoms with Crippen LogP contribution in [0.1, 0.15) is 26.5 Å². The summed E-state index contributed by atoms with van der Waals surface area (Å²) in [5.74, 6) is 0.935. The van der Waals surface area contributed by atoms with E-state index in [0.29, 0.717) is 13.1 Å². The number of carbonyl (C=O) groups is 1. The summed E-state index contributed by atoms with van der Waals surface area (Å²) >= 11 is 0. The molecule has 0 radical (unpaired) electrons. The van der Waals surface area contributed by atoms with E-state index in [2.05, 4.69) is 21.4 Å². The summed E-state index contributed by atoms with van der Waals surface area (Å²) in [5, 5.41) is 3.02. The number of hydrogen-bond donors (Lipinski definition) is 1. The molecule has 1 aromatic rings. The number of pyridine rings is 1. The monoisotopic (exact) mass is 301 g/mol. The van der Waals surface area contributed by atoms with Crippen molar-refractivity contribution in [1.82, 2.24) is 9.88 Å². The van der Waals surface area contributed by atoms with Gasteiger partial charge in [-0.05, 0) is 26.8 Å². The van der Waals surface area contributed by atoms with Gasteiger partial charge in [-0.15, -0.1) is 4.98 Å². The van der Waals surface area contributed by atoms with Gasteiger partial charge in [0.2, 0.25) is 11.4 Å². The smallest absolute Gasteiger partial charge is 0.410 e. The number of ether oxygens (including phenoxy) is 1. The maximum Gasteiger partial charge on any atom is 0.410 e. The van der Waals surface area contributed by atoms with Crippen LogP contribution in [-0.4, -0.2) is 47.8 Å². The molecule has 0 aliphatic carbocycles. The Morgan fingerprint density at radius 3 is 2.68 bits per heavy atom. The quantitative estimate of drug-likeness (QED) is 0.807. The van der Waals surface area contributed by atoms with Crippen molar-refractivity contribution in [3.05, 3.63) is 24.0 Å². The van der Waals surface area contributed by atoms with Gasteiger partial charge < -0.3 is 14.5 Å². The van der Waals surface area contributed by atoms with Gasteiger partial charge in [0.25, 0.3) is 0 Å². The molecule has 0 aromatic carbocycles. The number of amides is 1. The van der Waals surface area contributed by atoms with Gasteiger partial charge in [0.05, 0.1) is 0 Å². The predicted molar refractivity (Wildman–Crippen MR) is 85.6 cm³/mol. The second-order valence-corrected chi connectivity index (χ2v) is 6.47. The van der Waals surface area contributed by atoms with Gasteiger partial charge in [0.1, 0.15) is 17.6 Å². The van der Waals surface area contributed by atoms with Crippen molar-refractivity contribution in [3.8, 4) is 0 Å². The predicted octanol–water partition coefficient (Wildman–Crippen LogP) is 2.34. The van der Waals surface area contributed by atoms with E-state index in [-0.39, 0.29) is 6.09 Å². The van der Waals surface area contributed by atoms with Crippen LogP contribution < -0.4 is 10.2 Å². The van der Waals surface area contributed by atoms with Crippen molar-refractivity contribution in [3.63, 3.8) is 0 Å². The van der Waals surface area contributed by atoms with Crippen LogP contribution in [-0.2, 0) is 4.74 Å². The SMILES string of the molecule is CC(C)(C)OC(=O)N1CCN(c2ccc3c(n2)C=[C+]N3)CC1. The van der Waals surface area contributed by atoms with Gasteiger partial charge in [-0.3, -0.25) is 0 Å². The molecule has 2 aliphatic heterocycles. The third kappa shape index (κ3) is 3.12. The average Bonchev–Trinajstić information content (AvgIpc) is 2.93. The molecular weight excluding hydrogens is 280 g/mol. The number of aromatic nitrogens is 1. The summed E-state index contributed by atoms with van der Waals surface area (Å²) in [6, 6.07) is 4.00. The first-order chi connectivity index (χ1) is 10.4. The number of fused-ring (bicyclic) bond motifs is 1. The Morgan fingerprint density at radius 2 is 2.00 bits per heavy atom. The molecule has 116 valence electrons. The first kappa shape index (κ1) is 14.6. The van der Waals surface area contributed by atoms with E-state index in [1.54, 1.807) is 4.90 Å². The van der Waals surface area contributed by atoms with Crippen LogP contribution in [0.3, 0.4) is 0 Å². The second kappa shape index (κ2) is 5.46. The fraction of sp³-hybridized carbons (Fsp3) is 0.500. The third-order valence-corrected chi connectivity index (χ3v) is 3.58. The zero-order valence-electron chi connectivity index (χ0n) is 13.2. The van der Waals surface area contributed by atoms with E-state index in [9.17, 15) is 4.79 Å². The first-order valence-corrected chi connectivity index (χ1v) is 7.51. The molecule has 3 heterocycles. The molecule has 0 spiro atoms. The maximum absolute atomic E-state index is 12.1. The summed E-state index contributed by atoms with van der Waals surface area (Å²) in [6.45, 7) is 8.45. The van der Waals surface area contributed by atoms with Crippen molar-refractivity contribution < 1.29 is 9.53 Å². The zero-order chi connectivity index (χ0) is 15.7. The lowest BCUT2D eigenvalue weighted by Gasteiger charge is -2.35. The first-order valence-electron chi connectivity index (χ1n) is 7.51. The largest absolute Gasteiger partial charge is 0.444 e. The molecule has 0 unspecified atom stereocenters. The molecule has 0 saturated carbocycles. The summed E-state index contributed by atoms with van der Waals surface area (Å²) in [5.41, 5.74) is 1.44. The molecule has 1 amide bonds. The molecule has 1 saturated heterocycles. The summed E-state index contributed by atoms with van der Waals surface area (Å²) < 4.78 is 5.41. The van der Waals surface area contributed by atoms with Crippen molar-refractivity contribution in [2.45, 2.75) is 26.4 Å². The number of rotatable bonds is 1. The number of piperazine rings is 1. The van der Waals surface area contributed by atoms with Crippen LogP contribution in [0.15, 0.2) is 12.1 Å². The van der Waals surface area contributed by atoms with Crippen LogP contribution in [0.25, 0.3) is 6.08 Å². The summed E-state index contributed by atoms with van der Waals surface area (Å²) in [7, 11) is 0.